The number of fused-ring (bicyclic) bond motifs is 5. The summed E-state index contributed by atoms with van der Waals surface area (Å²) in [4.78, 5) is 10.5. The van der Waals surface area contributed by atoms with Crippen molar-refractivity contribution < 1.29 is 14.5 Å². The average molecular weight is 391 g/mol. The van der Waals surface area contributed by atoms with E-state index in [9.17, 15) is 0 Å². The molecule has 9 nitrogen and oxygen atoms in total. The van der Waals surface area contributed by atoms with Gasteiger partial charge in [-0.1, -0.05) is 5.10 Å². The Labute approximate surface area is 161 Å². The summed E-state index contributed by atoms with van der Waals surface area (Å²) in [5.41, 5.74) is 1.44. The van der Waals surface area contributed by atoms with Gasteiger partial charge < -0.3 is 19.9 Å². The zero-order valence-corrected chi connectivity index (χ0v) is 16.4. The van der Waals surface area contributed by atoms with Crippen LogP contribution in [0.3, 0.4) is 0 Å². The van der Waals surface area contributed by atoms with Crippen molar-refractivity contribution >= 4 is 33.1 Å². The number of nitrogens with one attached hydrogen (secondary N) is 3. The minimum atomic E-state index is 0.572. The molecular weight excluding hydrogens is 364 g/mol. The molecule has 0 saturated carbocycles. The van der Waals surface area contributed by atoms with Crippen LogP contribution in [0.15, 0.2) is 0 Å². The van der Waals surface area contributed by atoms with Crippen LogP contribution in [-0.4, -0.2) is 78.0 Å². The van der Waals surface area contributed by atoms with Crippen LogP contribution in [0, 0.1) is 0 Å². The fourth-order valence-electron chi connectivity index (χ4n) is 4.12. The van der Waals surface area contributed by atoms with Crippen LogP contribution in [0.4, 0.5) is 5.82 Å². The average Bonchev–Trinajstić information content (AvgIpc) is 3.29. The summed E-state index contributed by atoms with van der Waals surface area (Å²) >= 11 is 1.82. The Bertz CT molecular complexity index is 947. The van der Waals surface area contributed by atoms with Gasteiger partial charge >= 0.3 is 0 Å². The highest BCUT2D eigenvalue weighted by atomic mass is 32.1. The maximum Gasteiger partial charge on any atom is 0.276 e. The molecule has 10 heteroatoms. The second-order valence-electron chi connectivity index (χ2n) is 7.56. The van der Waals surface area contributed by atoms with E-state index < -0.39 is 0 Å². The molecule has 5 heterocycles. The molecule has 3 aromatic heterocycles. The highest BCUT2D eigenvalue weighted by Crippen LogP contribution is 2.36. The Morgan fingerprint density at radius 3 is 3.04 bits per heavy atom. The predicted molar refractivity (Wildman–Crippen MR) is 103 cm³/mol. The van der Waals surface area contributed by atoms with Crippen LogP contribution in [0.5, 0.6) is 0 Å². The molecule has 3 aromatic rings. The van der Waals surface area contributed by atoms with Crippen molar-refractivity contribution in [2.75, 3.05) is 58.3 Å². The smallest absolute Gasteiger partial charge is 0.276 e. The number of rotatable bonds is 5. The summed E-state index contributed by atoms with van der Waals surface area (Å²) in [5.74, 6) is 1.52. The van der Waals surface area contributed by atoms with Crippen molar-refractivity contribution in [3.8, 4) is 0 Å². The molecule has 3 N–H and O–H groups in total. The maximum atomic E-state index is 5.44. The highest BCUT2D eigenvalue weighted by Gasteiger charge is 2.26. The van der Waals surface area contributed by atoms with Gasteiger partial charge in [0.05, 0.1) is 43.6 Å². The first-order valence-corrected chi connectivity index (χ1v) is 10.6. The third-order valence-electron chi connectivity index (χ3n) is 5.63. The van der Waals surface area contributed by atoms with Gasteiger partial charge in [-0.25, -0.2) is 0 Å². The molecule has 2 aliphatic rings. The van der Waals surface area contributed by atoms with Crippen molar-refractivity contribution in [2.45, 2.75) is 19.4 Å². The number of tetrazole rings is 1. The summed E-state index contributed by atoms with van der Waals surface area (Å²) in [5, 5.41) is 16.9. The Balaban J connectivity index is 1.40. The molecule has 0 spiro atoms. The Morgan fingerprint density at radius 2 is 2.15 bits per heavy atom. The minimum absolute atomic E-state index is 0.572. The summed E-state index contributed by atoms with van der Waals surface area (Å²) in [6, 6.07) is 0. The van der Waals surface area contributed by atoms with E-state index in [0.29, 0.717) is 5.78 Å². The normalized spacial score (nSPS) is 21.0. The number of nitrogens with zero attached hydrogens (tertiary/aromatic N) is 5. The first-order chi connectivity index (χ1) is 13.3. The molecular formula is C17H26N8OS+2. The van der Waals surface area contributed by atoms with Crippen LogP contribution < -0.4 is 15.1 Å². The monoisotopic (exact) mass is 390 g/mol. The molecule has 0 radical (unpaired) electrons. The van der Waals surface area contributed by atoms with E-state index in [1.165, 1.54) is 22.4 Å². The summed E-state index contributed by atoms with van der Waals surface area (Å²) in [7, 11) is 2.26. The summed E-state index contributed by atoms with van der Waals surface area (Å²) in [6.45, 7) is 8.33. The van der Waals surface area contributed by atoms with Crippen molar-refractivity contribution in [3.05, 3.63) is 10.4 Å². The number of morpholine rings is 1. The first kappa shape index (κ1) is 17.2. The van der Waals surface area contributed by atoms with Crippen molar-refractivity contribution in [1.82, 2.24) is 25.0 Å². The second kappa shape index (κ2) is 7.27. The number of hydrogen-bond acceptors (Lipinski definition) is 7. The fourth-order valence-corrected chi connectivity index (χ4v) is 5.53. The lowest BCUT2D eigenvalue weighted by Crippen LogP contribution is -3.14. The van der Waals surface area contributed by atoms with Crippen molar-refractivity contribution in [2.24, 2.45) is 0 Å². The van der Waals surface area contributed by atoms with E-state index in [-0.39, 0.29) is 0 Å². The van der Waals surface area contributed by atoms with E-state index in [1.54, 1.807) is 14.3 Å². The molecule has 2 aliphatic heterocycles. The molecule has 1 atom stereocenters. The lowest BCUT2D eigenvalue weighted by atomic mass is 10.1. The molecule has 5 rings (SSSR count). The van der Waals surface area contributed by atoms with Gasteiger partial charge in [0.1, 0.15) is 30.3 Å². The molecule has 0 amide bonds. The largest absolute Gasteiger partial charge is 0.370 e. The van der Waals surface area contributed by atoms with Gasteiger partial charge in [-0.05, 0) is 16.0 Å². The maximum absolute atomic E-state index is 5.44. The molecule has 144 valence electrons. The van der Waals surface area contributed by atoms with Crippen LogP contribution in [0.2, 0.25) is 0 Å². The van der Waals surface area contributed by atoms with Gasteiger partial charge in [-0.15, -0.1) is 11.3 Å². The Hall–Kier alpha value is -1.88. The van der Waals surface area contributed by atoms with Crippen molar-refractivity contribution in [3.63, 3.8) is 0 Å². The second-order valence-corrected chi connectivity index (χ2v) is 8.65. The Kier molecular flexibility index (Phi) is 4.64. The van der Waals surface area contributed by atoms with E-state index in [4.69, 9.17) is 9.72 Å². The Morgan fingerprint density at radius 1 is 1.26 bits per heavy atom. The van der Waals surface area contributed by atoms with Gasteiger partial charge in [0.25, 0.3) is 5.78 Å². The molecule has 0 bridgehead atoms. The quantitative estimate of drug-likeness (QED) is 0.438. The molecule has 27 heavy (non-hydrogen) atoms. The number of likely N-dealkylation sites (N-methyl/N-ethyl adjacent to an activating group) is 1. The van der Waals surface area contributed by atoms with E-state index in [0.717, 1.165) is 69.4 Å². The van der Waals surface area contributed by atoms with Gasteiger partial charge in [0.2, 0.25) is 0 Å². The molecule has 0 aromatic carbocycles. The first-order valence-electron chi connectivity index (χ1n) is 9.78. The minimum Gasteiger partial charge on any atom is -0.370 e. The van der Waals surface area contributed by atoms with Gasteiger partial charge in [-0.2, -0.15) is 9.50 Å². The van der Waals surface area contributed by atoms with Gasteiger partial charge in [0, 0.05) is 19.4 Å². The highest BCUT2D eigenvalue weighted by molar-refractivity contribution is 7.19. The van der Waals surface area contributed by atoms with Crippen LogP contribution >= 0.6 is 11.3 Å². The number of hydrogen-bond donors (Lipinski definition) is 3. The fraction of sp³-hybridized carbons (Fsp3) is 0.647. The predicted octanol–water partition coefficient (Wildman–Crippen LogP) is -1.98. The van der Waals surface area contributed by atoms with Crippen LogP contribution in [0.25, 0.3) is 16.0 Å². The summed E-state index contributed by atoms with van der Waals surface area (Å²) < 4.78 is 7.23. The van der Waals surface area contributed by atoms with E-state index >= 15 is 0 Å². The van der Waals surface area contributed by atoms with E-state index in [1.807, 2.05) is 11.3 Å². The van der Waals surface area contributed by atoms with Gasteiger partial charge in [-0.3, -0.25) is 0 Å². The third kappa shape index (κ3) is 3.27. The molecule has 1 fully saturated rings. The number of quaternary nitrogens is 2. The molecule has 1 unspecified atom stereocenters. The zero-order chi connectivity index (χ0) is 18.2. The van der Waals surface area contributed by atoms with Crippen LogP contribution in [0.1, 0.15) is 16.9 Å². The molecule has 1 saturated heterocycles. The lowest BCUT2D eigenvalue weighted by Gasteiger charge is -2.23. The van der Waals surface area contributed by atoms with Crippen molar-refractivity contribution in [1.29, 1.82) is 0 Å². The number of thiophene rings is 1. The standard InChI is InChI=1S/C17H24N8OS/c1-23-6-3-12-13(11-23)27-16-14(12)15(19-17-20-21-22-25(16)17)18-4-2-5-24-7-9-26-10-8-24/h2-11H2,1H3,(H,18,19,20,22)/p+2. The number of anilines is 1. The van der Waals surface area contributed by atoms with Crippen LogP contribution in [-0.2, 0) is 17.7 Å². The topological polar surface area (TPSA) is 86.1 Å². The molecule has 0 aliphatic carbocycles. The zero-order valence-electron chi connectivity index (χ0n) is 15.6. The third-order valence-corrected chi connectivity index (χ3v) is 6.84. The number of aromatic nitrogens is 5. The number of ether oxygens (including phenoxy) is 1. The lowest BCUT2D eigenvalue weighted by molar-refractivity contribution is -0.908. The summed E-state index contributed by atoms with van der Waals surface area (Å²) in [6.07, 6.45) is 2.21. The SMILES string of the molecule is C[NH+]1CCc2c(sc3c2c(NCCC[NH+]2CCOCC2)nc2nnnn23)C1. The van der Waals surface area contributed by atoms with E-state index in [2.05, 4.69) is 27.9 Å². The van der Waals surface area contributed by atoms with Gasteiger partial charge in [0.15, 0.2) is 0 Å².